The van der Waals surface area contributed by atoms with E-state index in [-0.39, 0.29) is 25.5 Å². The first-order valence-electron chi connectivity index (χ1n) is 25.4. The van der Waals surface area contributed by atoms with Gasteiger partial charge in [0.25, 0.3) is 0 Å². The third-order valence-electron chi connectivity index (χ3n) is 11.4. The smallest absolute Gasteiger partial charge is 0.387 e. The fourth-order valence-electron chi connectivity index (χ4n) is 7.33. The summed E-state index contributed by atoms with van der Waals surface area (Å²) in [7, 11) is 1.54. The van der Waals surface area contributed by atoms with E-state index in [0.29, 0.717) is 17.4 Å². The van der Waals surface area contributed by atoms with E-state index >= 15 is 0 Å². The number of hydrogen-bond acceptors (Lipinski definition) is 5. The van der Waals surface area contributed by atoms with Crippen molar-refractivity contribution in [2.75, 3.05) is 40.9 Å². The fourth-order valence-corrected chi connectivity index (χ4v) is 8.06. The molecule has 1 amide bonds. The van der Waals surface area contributed by atoms with Crippen molar-refractivity contribution in [1.82, 2.24) is 5.32 Å². The van der Waals surface area contributed by atoms with Crippen LogP contribution in [-0.4, -0.2) is 73.4 Å². The Labute approximate surface area is 372 Å². The van der Waals surface area contributed by atoms with E-state index < -0.39 is 20.0 Å². The van der Waals surface area contributed by atoms with Crippen LogP contribution < -0.4 is 5.32 Å². The summed E-state index contributed by atoms with van der Waals surface area (Å²) in [6.07, 6.45) is 54.0. The number of nitrogens with zero attached hydrogens (tertiary/aromatic N) is 1. The number of nitrogens with one attached hydrogen (secondary N) is 1. The number of carbonyl (C=O) groups is 1. The van der Waals surface area contributed by atoms with Crippen molar-refractivity contribution in [3.63, 3.8) is 0 Å². The molecule has 0 fully saturated rings. The van der Waals surface area contributed by atoms with Gasteiger partial charge in [-0.1, -0.05) is 224 Å². The van der Waals surface area contributed by atoms with Crippen molar-refractivity contribution >= 4 is 13.7 Å². The summed E-state index contributed by atoms with van der Waals surface area (Å²) in [5.74, 6) is -0.243. The van der Waals surface area contributed by atoms with Gasteiger partial charge in [0.2, 0.25) is 5.91 Å². The lowest BCUT2D eigenvalue weighted by atomic mass is 10.0. The Hall–Kier alpha value is -1.28. The first-order chi connectivity index (χ1) is 29.0. The van der Waals surface area contributed by atoms with Crippen LogP contribution in [0.1, 0.15) is 232 Å². The van der Waals surface area contributed by atoms with Crippen LogP contribution >= 0.6 is 7.82 Å². The monoisotopic (exact) mass is 868 g/mol. The molecule has 0 rings (SSSR count). The molecular weight excluding hydrogens is 768 g/mol. The van der Waals surface area contributed by atoms with E-state index in [1.54, 1.807) is 6.08 Å². The zero-order valence-corrected chi connectivity index (χ0v) is 41.1. The molecule has 0 aliphatic rings. The van der Waals surface area contributed by atoms with Crippen molar-refractivity contribution in [2.24, 2.45) is 0 Å². The predicted molar refractivity (Wildman–Crippen MR) is 258 cm³/mol. The van der Waals surface area contributed by atoms with Gasteiger partial charge in [0.1, 0.15) is 13.2 Å². The van der Waals surface area contributed by atoms with Crippen LogP contribution in [-0.2, 0) is 18.4 Å². The van der Waals surface area contributed by atoms with Gasteiger partial charge in [-0.15, -0.1) is 0 Å². The second-order valence-electron chi connectivity index (χ2n) is 18.5. The maximum atomic E-state index is 12.8. The highest BCUT2D eigenvalue weighted by molar-refractivity contribution is 7.47. The maximum Gasteiger partial charge on any atom is 0.472 e. The zero-order valence-electron chi connectivity index (χ0n) is 40.2. The van der Waals surface area contributed by atoms with Crippen LogP contribution in [0.2, 0.25) is 0 Å². The molecule has 0 bridgehead atoms. The van der Waals surface area contributed by atoms with E-state index in [1.807, 2.05) is 33.3 Å². The Morgan fingerprint density at radius 1 is 0.567 bits per heavy atom. The van der Waals surface area contributed by atoms with Gasteiger partial charge in [-0.25, -0.2) is 4.57 Å². The van der Waals surface area contributed by atoms with E-state index in [9.17, 15) is 19.4 Å². The number of phosphoric acid groups is 1. The van der Waals surface area contributed by atoms with Crippen LogP contribution in [0.25, 0.3) is 0 Å². The molecule has 3 atom stereocenters. The average molecular weight is 868 g/mol. The van der Waals surface area contributed by atoms with E-state index in [2.05, 4.69) is 37.4 Å². The summed E-state index contributed by atoms with van der Waals surface area (Å²) < 4.78 is 23.6. The molecule has 0 saturated carbocycles. The van der Waals surface area contributed by atoms with Crippen molar-refractivity contribution in [2.45, 2.75) is 244 Å². The minimum absolute atomic E-state index is 0.0525. The molecule has 0 radical (unpaired) electrons. The zero-order chi connectivity index (χ0) is 44.3. The van der Waals surface area contributed by atoms with E-state index in [4.69, 9.17) is 9.05 Å². The Bertz CT molecular complexity index is 1070. The summed E-state index contributed by atoms with van der Waals surface area (Å²) in [5, 5.41) is 13.8. The van der Waals surface area contributed by atoms with E-state index in [1.165, 1.54) is 173 Å². The van der Waals surface area contributed by atoms with Crippen molar-refractivity contribution < 1.29 is 32.9 Å². The molecule has 8 nitrogen and oxygen atoms in total. The van der Waals surface area contributed by atoms with Crippen molar-refractivity contribution in [1.29, 1.82) is 0 Å². The predicted octanol–water partition coefficient (Wildman–Crippen LogP) is 14.6. The van der Waals surface area contributed by atoms with Gasteiger partial charge >= 0.3 is 7.82 Å². The minimum Gasteiger partial charge on any atom is -0.387 e. The molecule has 3 unspecified atom stereocenters. The van der Waals surface area contributed by atoms with Crippen LogP contribution in [0.5, 0.6) is 0 Å². The Balaban J connectivity index is 4.27. The third kappa shape index (κ3) is 44.8. The summed E-state index contributed by atoms with van der Waals surface area (Å²) in [6, 6.07) is -0.875. The van der Waals surface area contributed by atoms with Gasteiger partial charge in [-0.05, 0) is 38.5 Å². The quantitative estimate of drug-likeness (QED) is 0.0244. The summed E-state index contributed by atoms with van der Waals surface area (Å²) >= 11 is 0. The highest BCUT2D eigenvalue weighted by atomic mass is 31.2. The number of unbranched alkanes of at least 4 members (excludes halogenated alkanes) is 29. The van der Waals surface area contributed by atoms with Gasteiger partial charge in [0.05, 0.1) is 39.9 Å². The number of rotatable bonds is 46. The van der Waals surface area contributed by atoms with Crippen LogP contribution in [0.15, 0.2) is 36.5 Å². The highest BCUT2D eigenvalue weighted by Gasteiger charge is 2.27. The number of quaternary nitrogens is 1. The Morgan fingerprint density at radius 3 is 1.37 bits per heavy atom. The molecule has 0 aromatic heterocycles. The minimum atomic E-state index is -4.35. The maximum absolute atomic E-state index is 12.8. The Kier molecular flexibility index (Phi) is 42.1. The third-order valence-corrected chi connectivity index (χ3v) is 12.4. The number of hydrogen-bond donors (Lipinski definition) is 3. The summed E-state index contributed by atoms with van der Waals surface area (Å²) in [5.41, 5.74) is 0. The Morgan fingerprint density at radius 2 is 0.950 bits per heavy atom. The van der Waals surface area contributed by atoms with Crippen LogP contribution in [0, 0.1) is 0 Å². The van der Waals surface area contributed by atoms with E-state index in [0.717, 1.165) is 32.1 Å². The number of likely N-dealkylation sites (N-methyl/N-ethyl adjacent to an activating group) is 1. The van der Waals surface area contributed by atoms with Gasteiger partial charge < -0.3 is 19.8 Å². The normalized spacial score (nSPS) is 14.4. The molecule has 0 aromatic carbocycles. The standard InChI is InChI=1S/C51H99N2O6P/c1-6-8-10-12-14-16-18-20-21-22-23-24-25-26-27-28-29-30-31-33-34-36-38-40-42-44-50(54)49(48-59-60(56,57)58-47-46-53(3,4)5)52-51(55)45-43-41-39-37-35-32-19-17-15-13-11-9-7-2/h32,35,39,41-42,44,49-50,54H,6-31,33-34,36-38,40,43,45-48H2,1-5H3,(H-,52,55,56,57)/p+1/b35-32-,41-39-,44-42+. The first kappa shape index (κ1) is 58.7. The lowest BCUT2D eigenvalue weighted by Gasteiger charge is -2.25. The summed E-state index contributed by atoms with van der Waals surface area (Å²) in [4.78, 5) is 23.1. The molecule has 3 N–H and O–H groups in total. The van der Waals surface area contributed by atoms with Crippen LogP contribution in [0.3, 0.4) is 0 Å². The van der Waals surface area contributed by atoms with Gasteiger partial charge in [0.15, 0.2) is 0 Å². The van der Waals surface area contributed by atoms with Crippen molar-refractivity contribution in [3.8, 4) is 0 Å². The molecular formula is C51H100N2O6P+. The van der Waals surface area contributed by atoms with Crippen LogP contribution in [0.4, 0.5) is 0 Å². The molecule has 0 aliphatic heterocycles. The molecule has 9 heteroatoms. The lowest BCUT2D eigenvalue weighted by molar-refractivity contribution is -0.870. The number of aliphatic hydroxyl groups excluding tert-OH is 1. The second-order valence-corrected chi connectivity index (χ2v) is 20.0. The first-order valence-corrected chi connectivity index (χ1v) is 26.9. The number of allylic oxidation sites excluding steroid dienone is 5. The fraction of sp³-hybridized carbons (Fsp3) is 0.863. The summed E-state index contributed by atoms with van der Waals surface area (Å²) in [6.45, 7) is 4.77. The molecule has 0 heterocycles. The number of carbonyl (C=O) groups excluding carboxylic acids is 1. The number of phosphoric ester groups is 1. The molecule has 0 aliphatic carbocycles. The number of amides is 1. The van der Waals surface area contributed by atoms with Gasteiger partial charge in [-0.2, -0.15) is 0 Å². The molecule has 60 heavy (non-hydrogen) atoms. The SMILES string of the molecule is CCCCCCCC/C=C\C/C=C\CCC(=O)NC(COP(=O)(O)OCC[N+](C)(C)C)C(O)/C=C/CCCCCCCCCCCCCCCCCCCCCCCCC. The van der Waals surface area contributed by atoms with Crippen molar-refractivity contribution in [3.05, 3.63) is 36.5 Å². The number of aliphatic hydroxyl groups is 1. The van der Waals surface area contributed by atoms with Gasteiger partial charge in [-0.3, -0.25) is 13.8 Å². The lowest BCUT2D eigenvalue weighted by Crippen LogP contribution is -2.45. The second kappa shape index (κ2) is 43.0. The largest absolute Gasteiger partial charge is 0.472 e. The molecule has 0 spiro atoms. The molecule has 354 valence electrons. The average Bonchev–Trinajstić information content (AvgIpc) is 3.20. The van der Waals surface area contributed by atoms with Gasteiger partial charge in [0, 0.05) is 6.42 Å². The topological polar surface area (TPSA) is 105 Å². The molecule has 0 aromatic rings. The molecule has 0 saturated heterocycles. The highest BCUT2D eigenvalue weighted by Crippen LogP contribution is 2.43.